The molecule has 2 aromatic rings. The second-order valence-corrected chi connectivity index (χ2v) is 3.97. The molecule has 0 aromatic heterocycles. The minimum atomic E-state index is -0.382. The van der Waals surface area contributed by atoms with E-state index in [1.165, 1.54) is 30.3 Å². The average molecular weight is 249 g/mol. The molecule has 4 heteroatoms. The van der Waals surface area contributed by atoms with Gasteiger partial charge in [0, 0.05) is 18.2 Å². The van der Waals surface area contributed by atoms with Crippen LogP contribution in [0, 0.1) is 18.6 Å². The lowest BCUT2D eigenvalue weighted by Gasteiger charge is -2.12. The van der Waals surface area contributed by atoms with Crippen LogP contribution in [0.5, 0.6) is 11.5 Å². The Balaban J connectivity index is 2.36. The Hall–Kier alpha value is -1.94. The highest BCUT2D eigenvalue weighted by Crippen LogP contribution is 2.28. The molecule has 0 fully saturated rings. The molecule has 0 unspecified atom stereocenters. The summed E-state index contributed by atoms with van der Waals surface area (Å²) in [7, 11) is 0. The number of benzene rings is 2. The van der Waals surface area contributed by atoms with E-state index in [1.54, 1.807) is 13.0 Å². The third-order valence-corrected chi connectivity index (χ3v) is 2.61. The fraction of sp³-hybridized carbons (Fsp3) is 0.143. The van der Waals surface area contributed by atoms with Crippen LogP contribution >= 0.6 is 0 Å². The van der Waals surface area contributed by atoms with Crippen LogP contribution in [0.2, 0.25) is 0 Å². The Morgan fingerprint density at radius 1 is 1.00 bits per heavy atom. The van der Waals surface area contributed by atoms with Crippen LogP contribution in [0.25, 0.3) is 0 Å². The van der Waals surface area contributed by atoms with Gasteiger partial charge in [0.05, 0.1) is 0 Å². The van der Waals surface area contributed by atoms with Gasteiger partial charge in [0.15, 0.2) is 0 Å². The van der Waals surface area contributed by atoms with Gasteiger partial charge in [-0.05, 0) is 36.8 Å². The summed E-state index contributed by atoms with van der Waals surface area (Å²) in [4.78, 5) is 0. The molecule has 0 aliphatic heterocycles. The Bertz CT molecular complexity index is 570. The fourth-order valence-electron chi connectivity index (χ4n) is 1.61. The summed E-state index contributed by atoms with van der Waals surface area (Å²) >= 11 is 0. The van der Waals surface area contributed by atoms with Crippen LogP contribution in [-0.2, 0) is 6.54 Å². The van der Waals surface area contributed by atoms with Crippen molar-refractivity contribution in [1.29, 1.82) is 0 Å². The van der Waals surface area contributed by atoms with Crippen molar-refractivity contribution in [2.75, 3.05) is 0 Å². The first-order valence-corrected chi connectivity index (χ1v) is 5.52. The molecule has 94 valence electrons. The van der Waals surface area contributed by atoms with Gasteiger partial charge in [-0.25, -0.2) is 8.78 Å². The standard InChI is InChI=1S/C14H13F2NO/c1-9-2-3-12(16)7-14(9)18-13-5-4-11(15)6-10(13)8-17/h2-7H,8,17H2,1H3. The second kappa shape index (κ2) is 5.14. The molecule has 2 N–H and O–H groups in total. The lowest BCUT2D eigenvalue weighted by molar-refractivity contribution is 0.465. The van der Waals surface area contributed by atoms with E-state index >= 15 is 0 Å². The van der Waals surface area contributed by atoms with E-state index in [0.717, 1.165) is 5.56 Å². The minimum Gasteiger partial charge on any atom is -0.457 e. The first kappa shape index (κ1) is 12.5. The molecule has 0 spiro atoms. The van der Waals surface area contributed by atoms with E-state index in [4.69, 9.17) is 10.5 Å². The third kappa shape index (κ3) is 2.65. The van der Waals surface area contributed by atoms with Crippen LogP contribution in [0.15, 0.2) is 36.4 Å². The van der Waals surface area contributed by atoms with Crippen LogP contribution in [0.1, 0.15) is 11.1 Å². The zero-order valence-electron chi connectivity index (χ0n) is 9.91. The molecule has 0 saturated carbocycles. The predicted molar refractivity (Wildman–Crippen MR) is 65.5 cm³/mol. The van der Waals surface area contributed by atoms with Gasteiger partial charge in [-0.3, -0.25) is 0 Å². The minimum absolute atomic E-state index is 0.154. The van der Waals surface area contributed by atoms with Crippen molar-refractivity contribution in [2.24, 2.45) is 5.73 Å². The first-order valence-electron chi connectivity index (χ1n) is 5.52. The number of nitrogens with two attached hydrogens (primary N) is 1. The number of halogens is 2. The summed E-state index contributed by atoms with van der Waals surface area (Å²) in [6.07, 6.45) is 0. The van der Waals surface area contributed by atoms with Gasteiger partial charge in [0.25, 0.3) is 0 Å². The molecule has 0 radical (unpaired) electrons. The average Bonchev–Trinajstić information content (AvgIpc) is 2.36. The van der Waals surface area contributed by atoms with Crippen molar-refractivity contribution in [3.05, 3.63) is 59.2 Å². The second-order valence-electron chi connectivity index (χ2n) is 3.97. The highest BCUT2D eigenvalue weighted by Gasteiger charge is 2.08. The van der Waals surface area contributed by atoms with Crippen molar-refractivity contribution >= 4 is 0 Å². The molecular weight excluding hydrogens is 236 g/mol. The lowest BCUT2D eigenvalue weighted by atomic mass is 10.2. The molecule has 0 saturated heterocycles. The van der Waals surface area contributed by atoms with Crippen LogP contribution < -0.4 is 10.5 Å². The van der Waals surface area contributed by atoms with E-state index in [0.29, 0.717) is 17.1 Å². The summed E-state index contributed by atoms with van der Waals surface area (Å²) < 4.78 is 31.8. The van der Waals surface area contributed by atoms with Crippen LogP contribution in [-0.4, -0.2) is 0 Å². The molecule has 0 bridgehead atoms. The van der Waals surface area contributed by atoms with Crippen molar-refractivity contribution in [3.63, 3.8) is 0 Å². The Morgan fingerprint density at radius 2 is 1.67 bits per heavy atom. The van der Waals surface area contributed by atoms with Gasteiger partial charge >= 0.3 is 0 Å². The number of hydrogen-bond acceptors (Lipinski definition) is 2. The zero-order chi connectivity index (χ0) is 13.1. The van der Waals surface area contributed by atoms with E-state index < -0.39 is 0 Å². The summed E-state index contributed by atoms with van der Waals surface area (Å²) in [5.41, 5.74) is 6.86. The third-order valence-electron chi connectivity index (χ3n) is 2.61. The molecule has 0 aliphatic carbocycles. The zero-order valence-corrected chi connectivity index (χ0v) is 9.91. The largest absolute Gasteiger partial charge is 0.457 e. The molecule has 2 aromatic carbocycles. The van der Waals surface area contributed by atoms with Crippen molar-refractivity contribution < 1.29 is 13.5 Å². The van der Waals surface area contributed by atoms with Gasteiger partial charge < -0.3 is 10.5 Å². The maximum absolute atomic E-state index is 13.1. The van der Waals surface area contributed by atoms with Gasteiger partial charge in [0.1, 0.15) is 23.1 Å². The van der Waals surface area contributed by atoms with Gasteiger partial charge in [-0.1, -0.05) is 6.07 Å². The fourth-order valence-corrected chi connectivity index (χ4v) is 1.61. The summed E-state index contributed by atoms with van der Waals surface area (Å²) in [6, 6.07) is 8.35. The SMILES string of the molecule is Cc1ccc(F)cc1Oc1ccc(F)cc1CN. The van der Waals surface area contributed by atoms with E-state index in [9.17, 15) is 8.78 Å². The molecule has 0 aliphatic rings. The smallest absolute Gasteiger partial charge is 0.133 e. The molecule has 0 heterocycles. The maximum Gasteiger partial charge on any atom is 0.133 e. The highest BCUT2D eigenvalue weighted by molar-refractivity contribution is 5.41. The molecule has 0 atom stereocenters. The number of ether oxygens (including phenoxy) is 1. The Kier molecular flexibility index (Phi) is 3.58. The van der Waals surface area contributed by atoms with Crippen molar-refractivity contribution in [1.82, 2.24) is 0 Å². The number of aryl methyl sites for hydroxylation is 1. The Labute approximate surface area is 104 Å². The maximum atomic E-state index is 13.1. The van der Waals surface area contributed by atoms with Crippen LogP contribution in [0.4, 0.5) is 8.78 Å². The number of rotatable bonds is 3. The highest BCUT2D eigenvalue weighted by atomic mass is 19.1. The Morgan fingerprint density at radius 3 is 2.39 bits per heavy atom. The lowest BCUT2D eigenvalue weighted by Crippen LogP contribution is -2.00. The van der Waals surface area contributed by atoms with E-state index in [2.05, 4.69) is 0 Å². The molecule has 2 nitrogen and oxygen atoms in total. The van der Waals surface area contributed by atoms with Crippen molar-refractivity contribution in [3.8, 4) is 11.5 Å². The topological polar surface area (TPSA) is 35.2 Å². The molecule has 18 heavy (non-hydrogen) atoms. The first-order chi connectivity index (χ1) is 8.60. The van der Waals surface area contributed by atoms with Crippen molar-refractivity contribution in [2.45, 2.75) is 13.5 Å². The molecule has 2 rings (SSSR count). The predicted octanol–water partition coefficient (Wildman–Crippen LogP) is 3.52. The quantitative estimate of drug-likeness (QED) is 0.903. The van der Waals surface area contributed by atoms with Gasteiger partial charge in [0.2, 0.25) is 0 Å². The van der Waals surface area contributed by atoms with E-state index in [1.807, 2.05) is 0 Å². The van der Waals surface area contributed by atoms with Gasteiger partial charge in [-0.15, -0.1) is 0 Å². The van der Waals surface area contributed by atoms with Crippen LogP contribution in [0.3, 0.4) is 0 Å². The summed E-state index contributed by atoms with van der Waals surface area (Å²) in [5, 5.41) is 0. The van der Waals surface area contributed by atoms with E-state index in [-0.39, 0.29) is 18.2 Å². The molecular formula is C14H13F2NO. The van der Waals surface area contributed by atoms with Gasteiger partial charge in [-0.2, -0.15) is 0 Å². The normalized spacial score (nSPS) is 10.4. The molecule has 0 amide bonds. The summed E-state index contributed by atoms with van der Waals surface area (Å²) in [5.74, 6) is 0.0784. The number of hydrogen-bond donors (Lipinski definition) is 1. The monoisotopic (exact) mass is 249 g/mol. The summed E-state index contributed by atoms with van der Waals surface area (Å²) in [6.45, 7) is 1.96.